The van der Waals surface area contributed by atoms with E-state index in [0.717, 1.165) is 33.7 Å². The van der Waals surface area contributed by atoms with Crippen molar-refractivity contribution < 1.29 is 4.74 Å². The minimum atomic E-state index is 0.390. The summed E-state index contributed by atoms with van der Waals surface area (Å²) >= 11 is 12.1. The first-order valence-corrected chi connectivity index (χ1v) is 8.80. The van der Waals surface area contributed by atoms with Crippen molar-refractivity contribution in [3.8, 4) is 22.4 Å². The summed E-state index contributed by atoms with van der Waals surface area (Å²) in [4.78, 5) is 4.57. The number of nitrogens with zero attached hydrogens (tertiary/aromatic N) is 3. The smallest absolute Gasteiger partial charge is 0.163 e. The van der Waals surface area contributed by atoms with Crippen LogP contribution in [0.15, 0.2) is 60.8 Å². The van der Waals surface area contributed by atoms with Crippen LogP contribution in [0.4, 0.5) is 0 Å². The number of benzene rings is 2. The standard InChI is InChI=1S/C20H15Cl2N3O/c1-26-12-17-19(14-4-8-16(22)9-5-14)20-23-11-10-18(25(20)24-17)13-2-6-15(21)7-3-13/h2-11H,12H2,1H3. The van der Waals surface area contributed by atoms with Gasteiger partial charge in [-0.05, 0) is 35.9 Å². The summed E-state index contributed by atoms with van der Waals surface area (Å²) in [7, 11) is 1.66. The van der Waals surface area contributed by atoms with Crippen LogP contribution in [0.1, 0.15) is 5.69 Å². The van der Waals surface area contributed by atoms with Crippen molar-refractivity contribution in [3.63, 3.8) is 0 Å². The molecule has 0 saturated carbocycles. The Morgan fingerprint density at radius 2 is 1.50 bits per heavy atom. The highest BCUT2D eigenvalue weighted by molar-refractivity contribution is 6.30. The summed E-state index contributed by atoms with van der Waals surface area (Å²) in [6.45, 7) is 0.390. The number of ether oxygens (including phenoxy) is 1. The van der Waals surface area contributed by atoms with Crippen LogP contribution in [-0.4, -0.2) is 21.7 Å². The maximum atomic E-state index is 6.04. The zero-order valence-corrected chi connectivity index (χ0v) is 15.5. The van der Waals surface area contributed by atoms with Gasteiger partial charge in [-0.15, -0.1) is 0 Å². The van der Waals surface area contributed by atoms with Crippen molar-refractivity contribution in [2.24, 2.45) is 0 Å². The van der Waals surface area contributed by atoms with E-state index in [2.05, 4.69) is 4.98 Å². The van der Waals surface area contributed by atoms with Crippen LogP contribution >= 0.6 is 23.2 Å². The Labute approximate surface area is 161 Å². The number of aromatic nitrogens is 3. The molecule has 0 aliphatic heterocycles. The van der Waals surface area contributed by atoms with Crippen LogP contribution < -0.4 is 0 Å². The lowest BCUT2D eigenvalue weighted by molar-refractivity contribution is 0.181. The van der Waals surface area contributed by atoms with E-state index >= 15 is 0 Å². The SMILES string of the molecule is COCc1nn2c(-c3ccc(Cl)cc3)ccnc2c1-c1ccc(Cl)cc1. The number of halogens is 2. The molecule has 0 bridgehead atoms. The Balaban J connectivity index is 1.96. The van der Waals surface area contributed by atoms with Gasteiger partial charge in [0, 0.05) is 28.9 Å². The summed E-state index contributed by atoms with van der Waals surface area (Å²) in [5, 5.41) is 6.15. The molecule has 0 fully saturated rings. The third kappa shape index (κ3) is 3.07. The molecule has 130 valence electrons. The minimum absolute atomic E-state index is 0.390. The molecule has 4 nitrogen and oxygen atoms in total. The monoisotopic (exact) mass is 383 g/mol. The zero-order chi connectivity index (χ0) is 18.1. The molecule has 2 aromatic heterocycles. The van der Waals surface area contributed by atoms with E-state index in [4.69, 9.17) is 33.0 Å². The van der Waals surface area contributed by atoms with Crippen molar-refractivity contribution in [3.05, 3.63) is 76.5 Å². The molecule has 0 saturated heterocycles. The van der Waals surface area contributed by atoms with Crippen molar-refractivity contribution >= 4 is 28.8 Å². The van der Waals surface area contributed by atoms with E-state index in [9.17, 15) is 0 Å². The largest absolute Gasteiger partial charge is 0.378 e. The molecule has 0 aliphatic rings. The lowest BCUT2D eigenvalue weighted by Gasteiger charge is -2.05. The van der Waals surface area contributed by atoms with Gasteiger partial charge in [-0.1, -0.05) is 47.5 Å². The fourth-order valence-corrected chi connectivity index (χ4v) is 3.23. The van der Waals surface area contributed by atoms with Crippen LogP contribution in [0, 0.1) is 0 Å². The van der Waals surface area contributed by atoms with Crippen molar-refractivity contribution in [2.45, 2.75) is 6.61 Å². The van der Waals surface area contributed by atoms with E-state index in [1.807, 2.05) is 59.1 Å². The van der Waals surface area contributed by atoms with Gasteiger partial charge in [0.05, 0.1) is 23.6 Å². The van der Waals surface area contributed by atoms with Gasteiger partial charge >= 0.3 is 0 Å². The summed E-state index contributed by atoms with van der Waals surface area (Å²) in [6.07, 6.45) is 1.79. The van der Waals surface area contributed by atoms with Gasteiger partial charge in [-0.25, -0.2) is 9.50 Å². The summed E-state index contributed by atoms with van der Waals surface area (Å²) in [5.74, 6) is 0. The predicted octanol–water partition coefficient (Wildman–Crippen LogP) is 5.52. The van der Waals surface area contributed by atoms with Crippen molar-refractivity contribution in [1.82, 2.24) is 14.6 Å². The molecule has 0 radical (unpaired) electrons. The molecule has 0 spiro atoms. The highest BCUT2D eigenvalue weighted by Crippen LogP contribution is 2.31. The first kappa shape index (κ1) is 17.0. The lowest BCUT2D eigenvalue weighted by atomic mass is 10.1. The number of methoxy groups -OCH3 is 1. The molecular formula is C20H15Cl2N3O. The molecule has 2 heterocycles. The first-order valence-electron chi connectivity index (χ1n) is 8.05. The Hall–Kier alpha value is -2.40. The van der Waals surface area contributed by atoms with Crippen LogP contribution in [0.3, 0.4) is 0 Å². The van der Waals surface area contributed by atoms with Gasteiger partial charge in [0.25, 0.3) is 0 Å². The molecule has 4 aromatic rings. The normalized spacial score (nSPS) is 11.2. The molecule has 2 aromatic carbocycles. The average Bonchev–Trinajstić information content (AvgIpc) is 3.02. The number of rotatable bonds is 4. The van der Waals surface area contributed by atoms with E-state index in [1.54, 1.807) is 13.3 Å². The van der Waals surface area contributed by atoms with Gasteiger partial charge in [-0.2, -0.15) is 5.10 Å². The number of fused-ring (bicyclic) bond motifs is 1. The Morgan fingerprint density at radius 3 is 2.12 bits per heavy atom. The molecule has 4 rings (SSSR count). The van der Waals surface area contributed by atoms with Crippen LogP contribution in [0.25, 0.3) is 28.0 Å². The second-order valence-corrected chi connectivity index (χ2v) is 6.71. The first-order chi connectivity index (χ1) is 12.7. The van der Waals surface area contributed by atoms with Crippen LogP contribution in [0.2, 0.25) is 10.0 Å². The van der Waals surface area contributed by atoms with E-state index in [0.29, 0.717) is 16.7 Å². The molecule has 0 unspecified atom stereocenters. The quantitative estimate of drug-likeness (QED) is 0.465. The molecular weight excluding hydrogens is 369 g/mol. The number of hydrogen-bond donors (Lipinski definition) is 0. The van der Waals surface area contributed by atoms with Gasteiger partial charge in [0.2, 0.25) is 0 Å². The second-order valence-electron chi connectivity index (χ2n) is 5.83. The topological polar surface area (TPSA) is 39.4 Å². The van der Waals surface area contributed by atoms with Gasteiger partial charge in [0.15, 0.2) is 5.65 Å². The fraction of sp³-hybridized carbons (Fsp3) is 0.100. The highest BCUT2D eigenvalue weighted by atomic mass is 35.5. The van der Waals surface area contributed by atoms with Crippen LogP contribution in [0.5, 0.6) is 0 Å². The molecule has 0 N–H and O–H groups in total. The van der Waals surface area contributed by atoms with Gasteiger partial charge in [-0.3, -0.25) is 0 Å². The average molecular weight is 384 g/mol. The second kappa shape index (κ2) is 7.08. The van der Waals surface area contributed by atoms with Gasteiger partial charge < -0.3 is 4.74 Å². The zero-order valence-electron chi connectivity index (χ0n) is 14.0. The van der Waals surface area contributed by atoms with Gasteiger partial charge in [0.1, 0.15) is 0 Å². The van der Waals surface area contributed by atoms with E-state index < -0.39 is 0 Å². The maximum Gasteiger partial charge on any atom is 0.163 e. The fourth-order valence-electron chi connectivity index (χ4n) is 2.98. The molecule has 0 amide bonds. The molecule has 6 heteroatoms. The molecule has 26 heavy (non-hydrogen) atoms. The summed E-state index contributed by atoms with van der Waals surface area (Å²) in [5.41, 5.74) is 5.48. The lowest BCUT2D eigenvalue weighted by Crippen LogP contribution is -1.96. The highest BCUT2D eigenvalue weighted by Gasteiger charge is 2.18. The third-order valence-electron chi connectivity index (χ3n) is 4.14. The number of hydrogen-bond acceptors (Lipinski definition) is 3. The Morgan fingerprint density at radius 1 is 0.885 bits per heavy atom. The Bertz CT molecular complexity index is 1060. The van der Waals surface area contributed by atoms with E-state index in [1.165, 1.54) is 0 Å². The third-order valence-corrected chi connectivity index (χ3v) is 4.65. The minimum Gasteiger partial charge on any atom is -0.378 e. The predicted molar refractivity (Wildman–Crippen MR) is 105 cm³/mol. The van der Waals surface area contributed by atoms with Crippen LogP contribution in [-0.2, 0) is 11.3 Å². The molecule has 0 atom stereocenters. The Kier molecular flexibility index (Phi) is 4.64. The molecule has 0 aliphatic carbocycles. The maximum absolute atomic E-state index is 6.04. The van der Waals surface area contributed by atoms with Crippen molar-refractivity contribution in [1.29, 1.82) is 0 Å². The summed E-state index contributed by atoms with van der Waals surface area (Å²) < 4.78 is 7.21. The van der Waals surface area contributed by atoms with Crippen molar-refractivity contribution in [2.75, 3.05) is 7.11 Å². The van der Waals surface area contributed by atoms with E-state index in [-0.39, 0.29) is 0 Å². The summed E-state index contributed by atoms with van der Waals surface area (Å²) in [6, 6.07) is 17.3.